The molecule has 1 aliphatic carbocycles. The second-order valence-corrected chi connectivity index (χ2v) is 3.28. The van der Waals surface area contributed by atoms with Crippen LogP contribution >= 0.6 is 0 Å². The zero-order valence-electron chi connectivity index (χ0n) is 6.89. The van der Waals surface area contributed by atoms with Crippen LogP contribution in [0.2, 0.25) is 0 Å². The molecule has 0 unspecified atom stereocenters. The van der Waals surface area contributed by atoms with Gasteiger partial charge in [0.1, 0.15) is 5.82 Å². The molecule has 1 saturated carbocycles. The molecule has 0 nitrogen and oxygen atoms in total. The van der Waals surface area contributed by atoms with E-state index in [0.717, 1.165) is 5.57 Å². The lowest BCUT2D eigenvalue weighted by Gasteiger charge is -2.03. The molecular weight excluding hydrogens is 151 g/mol. The van der Waals surface area contributed by atoms with E-state index in [2.05, 4.69) is 6.58 Å². The van der Waals surface area contributed by atoms with Gasteiger partial charge in [-0.05, 0) is 30.4 Å². The van der Waals surface area contributed by atoms with Gasteiger partial charge in [-0.25, -0.2) is 4.39 Å². The van der Waals surface area contributed by atoms with Crippen LogP contribution in [-0.2, 0) is 0 Å². The maximum absolute atomic E-state index is 13.2. The van der Waals surface area contributed by atoms with E-state index in [4.69, 9.17) is 0 Å². The zero-order valence-corrected chi connectivity index (χ0v) is 6.89. The van der Waals surface area contributed by atoms with Gasteiger partial charge in [0.05, 0.1) is 0 Å². The van der Waals surface area contributed by atoms with E-state index in [9.17, 15) is 4.39 Å². The van der Waals surface area contributed by atoms with E-state index < -0.39 is 0 Å². The van der Waals surface area contributed by atoms with Crippen molar-refractivity contribution in [2.75, 3.05) is 0 Å². The van der Waals surface area contributed by atoms with Crippen molar-refractivity contribution in [3.8, 4) is 0 Å². The molecule has 0 bridgehead atoms. The minimum atomic E-state index is -0.144. The molecule has 1 aromatic rings. The van der Waals surface area contributed by atoms with E-state index in [1.54, 1.807) is 12.1 Å². The third kappa shape index (κ3) is 1.27. The lowest BCUT2D eigenvalue weighted by Crippen LogP contribution is -1.88. The van der Waals surface area contributed by atoms with Crippen LogP contribution in [0.4, 0.5) is 4.39 Å². The van der Waals surface area contributed by atoms with Gasteiger partial charge in [-0.1, -0.05) is 24.8 Å². The molecule has 1 aliphatic rings. The van der Waals surface area contributed by atoms with Crippen molar-refractivity contribution in [2.24, 2.45) is 5.92 Å². The molecule has 0 aromatic heterocycles. The van der Waals surface area contributed by atoms with Crippen molar-refractivity contribution >= 4 is 5.57 Å². The fraction of sp³-hybridized carbons (Fsp3) is 0.273. The average Bonchev–Trinajstić information content (AvgIpc) is 2.86. The Morgan fingerprint density at radius 3 is 2.58 bits per heavy atom. The lowest BCUT2D eigenvalue weighted by atomic mass is 10.0. The van der Waals surface area contributed by atoms with Crippen molar-refractivity contribution in [2.45, 2.75) is 12.8 Å². The smallest absolute Gasteiger partial charge is 0.130 e. The Morgan fingerprint density at radius 1 is 1.33 bits per heavy atom. The summed E-state index contributed by atoms with van der Waals surface area (Å²) in [7, 11) is 0. The molecule has 0 atom stereocenters. The van der Waals surface area contributed by atoms with Crippen LogP contribution in [0.15, 0.2) is 30.8 Å². The highest BCUT2D eigenvalue weighted by Crippen LogP contribution is 2.41. The first kappa shape index (κ1) is 7.53. The molecule has 0 saturated heterocycles. The van der Waals surface area contributed by atoms with Gasteiger partial charge in [0.2, 0.25) is 0 Å². The molecule has 1 aromatic carbocycles. The molecular formula is C11H11F. The first-order valence-electron chi connectivity index (χ1n) is 4.23. The number of hydrogen-bond acceptors (Lipinski definition) is 0. The van der Waals surface area contributed by atoms with Gasteiger partial charge >= 0.3 is 0 Å². The Morgan fingerprint density at radius 2 is 2.00 bits per heavy atom. The Kier molecular flexibility index (Phi) is 1.72. The highest BCUT2D eigenvalue weighted by Gasteiger charge is 2.26. The molecule has 0 spiro atoms. The summed E-state index contributed by atoms with van der Waals surface area (Å²) in [6.45, 7) is 3.91. The first-order valence-corrected chi connectivity index (χ1v) is 4.23. The monoisotopic (exact) mass is 162 g/mol. The summed E-state index contributed by atoms with van der Waals surface area (Å²) >= 11 is 0. The molecule has 12 heavy (non-hydrogen) atoms. The largest absolute Gasteiger partial charge is 0.206 e. The SMILES string of the molecule is C=C(c1ccccc1F)C1CC1. The van der Waals surface area contributed by atoms with Gasteiger partial charge in [-0.15, -0.1) is 0 Å². The second-order valence-electron chi connectivity index (χ2n) is 3.28. The topological polar surface area (TPSA) is 0 Å². The highest BCUT2D eigenvalue weighted by molar-refractivity contribution is 5.67. The minimum Gasteiger partial charge on any atom is -0.206 e. The number of rotatable bonds is 2. The summed E-state index contributed by atoms with van der Waals surface area (Å²) in [6, 6.07) is 6.85. The standard InChI is InChI=1S/C11H11F/c1-8(9-6-7-9)10-4-2-3-5-11(10)12/h2-5,9H,1,6-7H2. The number of allylic oxidation sites excluding steroid dienone is 1. The van der Waals surface area contributed by atoms with Crippen molar-refractivity contribution in [1.29, 1.82) is 0 Å². The van der Waals surface area contributed by atoms with E-state index in [-0.39, 0.29) is 5.82 Å². The fourth-order valence-electron chi connectivity index (χ4n) is 1.37. The maximum atomic E-state index is 13.2. The number of hydrogen-bond donors (Lipinski definition) is 0. The zero-order chi connectivity index (χ0) is 8.55. The molecule has 0 radical (unpaired) electrons. The van der Waals surface area contributed by atoms with Crippen LogP contribution in [-0.4, -0.2) is 0 Å². The predicted octanol–water partition coefficient (Wildman–Crippen LogP) is 3.25. The fourth-order valence-corrected chi connectivity index (χ4v) is 1.37. The van der Waals surface area contributed by atoms with Crippen LogP contribution in [0.3, 0.4) is 0 Å². The molecule has 0 N–H and O–H groups in total. The average molecular weight is 162 g/mol. The van der Waals surface area contributed by atoms with E-state index in [1.807, 2.05) is 6.07 Å². The summed E-state index contributed by atoms with van der Waals surface area (Å²) in [6.07, 6.45) is 2.35. The maximum Gasteiger partial charge on any atom is 0.130 e. The van der Waals surface area contributed by atoms with E-state index >= 15 is 0 Å². The predicted molar refractivity (Wildman–Crippen MR) is 48.2 cm³/mol. The van der Waals surface area contributed by atoms with Crippen LogP contribution in [0.1, 0.15) is 18.4 Å². The van der Waals surface area contributed by atoms with Crippen LogP contribution in [0.25, 0.3) is 5.57 Å². The van der Waals surface area contributed by atoms with Crippen LogP contribution in [0, 0.1) is 11.7 Å². The summed E-state index contributed by atoms with van der Waals surface area (Å²) in [5, 5.41) is 0. The van der Waals surface area contributed by atoms with Gasteiger partial charge in [0, 0.05) is 5.56 Å². The molecule has 1 fully saturated rings. The van der Waals surface area contributed by atoms with Crippen molar-refractivity contribution < 1.29 is 4.39 Å². The Balaban J connectivity index is 2.32. The number of halogens is 1. The second kappa shape index (κ2) is 2.74. The normalized spacial score (nSPS) is 16.1. The summed E-state index contributed by atoms with van der Waals surface area (Å²) < 4.78 is 13.2. The van der Waals surface area contributed by atoms with E-state index in [1.165, 1.54) is 18.9 Å². The summed E-state index contributed by atoms with van der Waals surface area (Å²) in [4.78, 5) is 0. The van der Waals surface area contributed by atoms with Gasteiger partial charge in [-0.3, -0.25) is 0 Å². The third-order valence-electron chi connectivity index (χ3n) is 2.29. The highest BCUT2D eigenvalue weighted by atomic mass is 19.1. The van der Waals surface area contributed by atoms with E-state index in [0.29, 0.717) is 11.5 Å². The summed E-state index contributed by atoms with van der Waals surface area (Å²) in [5.41, 5.74) is 1.66. The summed E-state index contributed by atoms with van der Waals surface area (Å²) in [5.74, 6) is 0.399. The van der Waals surface area contributed by atoms with Gasteiger partial charge < -0.3 is 0 Å². The van der Waals surface area contributed by atoms with Crippen LogP contribution < -0.4 is 0 Å². The van der Waals surface area contributed by atoms with Crippen molar-refractivity contribution in [3.63, 3.8) is 0 Å². The van der Waals surface area contributed by atoms with Crippen molar-refractivity contribution in [3.05, 3.63) is 42.2 Å². The third-order valence-corrected chi connectivity index (χ3v) is 2.29. The molecule has 2 rings (SSSR count). The Bertz CT molecular complexity index is 311. The first-order chi connectivity index (χ1) is 5.79. The Labute approximate surface area is 71.7 Å². The van der Waals surface area contributed by atoms with Gasteiger partial charge in [0.25, 0.3) is 0 Å². The Hall–Kier alpha value is -1.11. The molecule has 0 amide bonds. The van der Waals surface area contributed by atoms with Crippen molar-refractivity contribution in [1.82, 2.24) is 0 Å². The lowest BCUT2D eigenvalue weighted by molar-refractivity contribution is 0.623. The molecule has 0 aliphatic heterocycles. The van der Waals surface area contributed by atoms with Crippen LogP contribution in [0.5, 0.6) is 0 Å². The van der Waals surface area contributed by atoms with Gasteiger partial charge in [0.15, 0.2) is 0 Å². The minimum absolute atomic E-state index is 0.144. The quantitative estimate of drug-likeness (QED) is 0.626. The molecule has 62 valence electrons. The van der Waals surface area contributed by atoms with Gasteiger partial charge in [-0.2, -0.15) is 0 Å². The molecule has 0 heterocycles. The molecule has 1 heteroatoms. The number of benzene rings is 1.